The van der Waals surface area contributed by atoms with Gasteiger partial charge in [-0.2, -0.15) is 0 Å². The molecule has 2 aromatic carbocycles. The number of rotatable bonds is 6. The maximum Gasteiger partial charge on any atom is 0.410 e. The number of carbonyl (C=O) groups excluding carboxylic acids is 5. The molecule has 5 aliphatic heterocycles. The average molecular weight is 817 g/mol. The highest BCUT2D eigenvalue weighted by Crippen LogP contribution is 2.42. The minimum Gasteiger partial charge on any atom is -0.445 e. The summed E-state index contributed by atoms with van der Waals surface area (Å²) in [4.78, 5) is 69.5. The minimum absolute atomic E-state index is 0.0291. The molecule has 7 fully saturated rings. The number of nitrogens with zero attached hydrogens (tertiary/aromatic N) is 4. The van der Waals surface area contributed by atoms with Crippen LogP contribution < -0.4 is 0 Å². The second-order valence-electron chi connectivity index (χ2n) is 16.6. The van der Waals surface area contributed by atoms with Gasteiger partial charge in [-0.1, -0.05) is 60.7 Å². The number of ketones is 1. The highest BCUT2D eigenvalue weighted by molar-refractivity contribution is 5.84. The van der Waals surface area contributed by atoms with Gasteiger partial charge < -0.3 is 48.0 Å². The van der Waals surface area contributed by atoms with Crippen molar-refractivity contribution in [3.05, 3.63) is 71.8 Å². The molecule has 59 heavy (non-hydrogen) atoms. The Morgan fingerprint density at radius 2 is 1.10 bits per heavy atom. The molecular formula is C44H56N4O11. The van der Waals surface area contributed by atoms with E-state index in [1.165, 1.54) is 0 Å². The molecule has 7 aliphatic rings. The van der Waals surface area contributed by atoms with Crippen LogP contribution in [0, 0.1) is 0 Å². The molecular weight excluding hydrogens is 761 g/mol. The Kier molecular flexibility index (Phi) is 13.1. The molecule has 15 nitrogen and oxygen atoms in total. The molecule has 0 unspecified atom stereocenters. The van der Waals surface area contributed by atoms with E-state index < -0.39 is 5.79 Å². The first-order valence-corrected chi connectivity index (χ1v) is 21.3. The number of hydrogen-bond acceptors (Lipinski definition) is 11. The van der Waals surface area contributed by atoms with Gasteiger partial charge in [0.05, 0.1) is 37.5 Å². The number of hydrogen-bond donors (Lipinski definition) is 0. The van der Waals surface area contributed by atoms with Crippen molar-refractivity contribution in [2.75, 3.05) is 52.6 Å². The van der Waals surface area contributed by atoms with Crippen LogP contribution in [0.25, 0.3) is 0 Å². The predicted octanol–water partition coefficient (Wildman–Crippen LogP) is 4.45. The highest BCUT2D eigenvalue weighted by Gasteiger charge is 2.52. The summed E-state index contributed by atoms with van der Waals surface area (Å²) in [6, 6.07) is 19.2. The summed E-state index contributed by atoms with van der Waals surface area (Å²) in [6.07, 6.45) is 6.17. The van der Waals surface area contributed by atoms with Gasteiger partial charge in [0.2, 0.25) is 11.8 Å². The third kappa shape index (κ3) is 9.74. The van der Waals surface area contributed by atoms with E-state index in [0.717, 1.165) is 36.8 Å². The smallest absolute Gasteiger partial charge is 0.410 e. The van der Waals surface area contributed by atoms with Crippen LogP contribution in [0.3, 0.4) is 0 Å². The number of likely N-dealkylation sites (tertiary alicyclic amines) is 2. The van der Waals surface area contributed by atoms with Crippen molar-refractivity contribution in [3.8, 4) is 0 Å². The number of carbonyl (C=O) groups is 5. The SMILES string of the molecule is O=C(OCc1ccccc1)N1CCC(N2C(=O)CO[C@H]3CCC4(C[C@@H]32)OCCO4)CC1.O=C1CC[C@@H]2OCC(=O)N(C3CCN(C(=O)OCc4ccccc4)CC3)[C@H]2C1. The summed E-state index contributed by atoms with van der Waals surface area (Å²) >= 11 is 0. The monoisotopic (exact) mass is 816 g/mol. The molecule has 4 amide bonds. The number of fused-ring (bicyclic) bond motifs is 2. The molecule has 318 valence electrons. The second-order valence-corrected chi connectivity index (χ2v) is 16.6. The van der Waals surface area contributed by atoms with E-state index in [9.17, 15) is 24.0 Å². The zero-order valence-corrected chi connectivity index (χ0v) is 33.7. The summed E-state index contributed by atoms with van der Waals surface area (Å²) in [5, 5.41) is 0. The van der Waals surface area contributed by atoms with E-state index in [2.05, 4.69) is 0 Å². The lowest BCUT2D eigenvalue weighted by molar-refractivity contribution is -0.225. The fourth-order valence-corrected chi connectivity index (χ4v) is 9.87. The minimum atomic E-state index is -0.567. The molecule has 5 saturated heterocycles. The van der Waals surface area contributed by atoms with Gasteiger partial charge in [-0.3, -0.25) is 14.4 Å². The molecule has 0 aromatic heterocycles. The standard InChI is InChI=1S/C23H30N2O6.C21H26N2O5/c26-21-16-28-20-6-9-23(30-12-13-31-23)14-19(20)25(21)18-7-10-24(11-8-18)22(27)29-15-17-4-2-1-3-5-17;24-17-6-7-19-18(12-17)23(20(25)14-27-19)16-8-10-22(11-9-16)21(26)28-13-15-4-2-1-3-5-15/h1-5,18-20H,6-16H2;1-5,16,18-19H,6-14H2/t19-,20-;18-,19-/m00/s1. The lowest BCUT2D eigenvalue weighted by Crippen LogP contribution is -2.64. The van der Waals surface area contributed by atoms with Crippen LogP contribution in [-0.4, -0.2) is 144 Å². The van der Waals surface area contributed by atoms with E-state index in [1.54, 1.807) is 9.80 Å². The topological polar surface area (TPSA) is 154 Å². The first-order chi connectivity index (χ1) is 28.7. The Morgan fingerprint density at radius 3 is 1.61 bits per heavy atom. The Balaban J connectivity index is 0.000000165. The lowest BCUT2D eigenvalue weighted by Gasteiger charge is -2.51. The van der Waals surface area contributed by atoms with E-state index in [0.29, 0.717) is 77.9 Å². The summed E-state index contributed by atoms with van der Waals surface area (Å²) < 4.78 is 34.3. The number of Topliss-reactive ketones (excluding diaryl/α,β-unsaturated/α-hetero) is 1. The van der Waals surface area contributed by atoms with Crippen molar-refractivity contribution < 1.29 is 52.4 Å². The number of benzene rings is 2. The zero-order chi connectivity index (χ0) is 40.8. The molecule has 15 heteroatoms. The third-order valence-electron chi connectivity index (χ3n) is 12.9. The molecule has 4 atom stereocenters. The molecule has 2 aromatic rings. The molecule has 0 bridgehead atoms. The predicted molar refractivity (Wildman–Crippen MR) is 211 cm³/mol. The van der Waals surface area contributed by atoms with Crippen LogP contribution >= 0.6 is 0 Å². The molecule has 2 aliphatic carbocycles. The van der Waals surface area contributed by atoms with Crippen LogP contribution in [0.5, 0.6) is 0 Å². The Labute approximate surface area is 345 Å². The largest absolute Gasteiger partial charge is 0.445 e. The van der Waals surface area contributed by atoms with Crippen LogP contribution in [0.2, 0.25) is 0 Å². The van der Waals surface area contributed by atoms with Gasteiger partial charge in [-0.25, -0.2) is 9.59 Å². The molecule has 1 spiro atoms. The summed E-state index contributed by atoms with van der Waals surface area (Å²) in [5.74, 6) is -0.378. The number of piperidine rings is 2. The molecule has 5 heterocycles. The van der Waals surface area contributed by atoms with Crippen LogP contribution in [0.15, 0.2) is 60.7 Å². The Bertz CT molecular complexity index is 1770. The normalized spacial score (nSPS) is 27.4. The van der Waals surface area contributed by atoms with Gasteiger partial charge in [0.1, 0.15) is 32.2 Å². The molecule has 0 radical (unpaired) electrons. The first kappa shape index (κ1) is 41.2. The molecule has 2 saturated carbocycles. The van der Waals surface area contributed by atoms with Gasteiger partial charge in [0.25, 0.3) is 0 Å². The van der Waals surface area contributed by atoms with Gasteiger partial charge >= 0.3 is 12.2 Å². The van der Waals surface area contributed by atoms with E-state index >= 15 is 0 Å². The van der Waals surface area contributed by atoms with Gasteiger partial charge in [0, 0.05) is 63.9 Å². The van der Waals surface area contributed by atoms with Gasteiger partial charge in [-0.05, 0) is 49.7 Å². The van der Waals surface area contributed by atoms with Crippen molar-refractivity contribution in [2.24, 2.45) is 0 Å². The fraction of sp³-hybridized carbons (Fsp3) is 0.614. The number of ether oxygens (including phenoxy) is 6. The van der Waals surface area contributed by atoms with Crippen LogP contribution in [-0.2, 0) is 56.0 Å². The van der Waals surface area contributed by atoms with Crippen LogP contribution in [0.4, 0.5) is 9.59 Å². The van der Waals surface area contributed by atoms with Crippen molar-refractivity contribution in [1.29, 1.82) is 0 Å². The third-order valence-corrected chi connectivity index (χ3v) is 12.9. The van der Waals surface area contributed by atoms with Crippen molar-refractivity contribution in [3.63, 3.8) is 0 Å². The second kappa shape index (κ2) is 18.8. The van der Waals surface area contributed by atoms with Crippen molar-refractivity contribution >= 4 is 29.8 Å². The van der Waals surface area contributed by atoms with E-state index in [4.69, 9.17) is 28.4 Å². The summed E-state index contributed by atoms with van der Waals surface area (Å²) in [5.41, 5.74) is 1.93. The molecule has 0 N–H and O–H groups in total. The van der Waals surface area contributed by atoms with Crippen molar-refractivity contribution in [2.45, 2.75) is 120 Å². The van der Waals surface area contributed by atoms with E-state index in [1.807, 2.05) is 70.5 Å². The van der Waals surface area contributed by atoms with Gasteiger partial charge in [-0.15, -0.1) is 0 Å². The first-order valence-electron chi connectivity index (χ1n) is 21.3. The fourth-order valence-electron chi connectivity index (χ4n) is 9.87. The Hall–Kier alpha value is -4.57. The summed E-state index contributed by atoms with van der Waals surface area (Å²) in [7, 11) is 0. The highest BCUT2D eigenvalue weighted by atomic mass is 16.7. The van der Waals surface area contributed by atoms with Gasteiger partial charge in [0.15, 0.2) is 5.79 Å². The average Bonchev–Trinajstić information content (AvgIpc) is 3.73. The quantitative estimate of drug-likeness (QED) is 0.407. The zero-order valence-electron chi connectivity index (χ0n) is 33.7. The lowest BCUT2D eigenvalue weighted by atomic mass is 9.83. The maximum absolute atomic E-state index is 12.8. The maximum atomic E-state index is 12.8. The van der Waals surface area contributed by atoms with E-state index in [-0.39, 0.29) is 92.6 Å². The number of morpholine rings is 2. The van der Waals surface area contributed by atoms with Crippen molar-refractivity contribution in [1.82, 2.24) is 19.6 Å². The number of amides is 4. The summed E-state index contributed by atoms with van der Waals surface area (Å²) in [6.45, 7) is 4.23. The van der Waals surface area contributed by atoms with Crippen LogP contribution in [0.1, 0.15) is 75.3 Å². The Morgan fingerprint density at radius 1 is 0.627 bits per heavy atom. The molecule has 9 rings (SSSR count).